The van der Waals surface area contributed by atoms with Crippen LogP contribution in [0.1, 0.15) is 37.2 Å². The maximum Gasteiger partial charge on any atom is 0.222 e. The number of hydrogen-bond acceptors (Lipinski definition) is 3. The molecule has 1 fully saturated rings. The Balaban J connectivity index is 1.99. The van der Waals surface area contributed by atoms with Crippen molar-refractivity contribution in [3.63, 3.8) is 0 Å². The van der Waals surface area contributed by atoms with Gasteiger partial charge in [-0.3, -0.25) is 4.79 Å². The lowest BCUT2D eigenvalue weighted by atomic mass is 10.2. The normalized spacial score (nSPS) is 17.6. The van der Waals surface area contributed by atoms with Crippen molar-refractivity contribution in [2.75, 3.05) is 6.54 Å². The summed E-state index contributed by atoms with van der Waals surface area (Å²) in [5.74, 6) is 1.51. The molecule has 0 aromatic carbocycles. The van der Waals surface area contributed by atoms with Gasteiger partial charge in [0.15, 0.2) is 0 Å². The molecule has 1 N–H and O–H groups in total. The number of likely N-dealkylation sites (tertiary alicyclic amines) is 1. The number of carbonyl (C=O) groups excluding carboxylic acids is 1. The van der Waals surface area contributed by atoms with E-state index in [0.29, 0.717) is 18.7 Å². The highest BCUT2D eigenvalue weighted by molar-refractivity contribution is 5.76. The molecule has 1 amide bonds. The third kappa shape index (κ3) is 2.64. The van der Waals surface area contributed by atoms with Crippen molar-refractivity contribution < 1.29 is 14.3 Å². The van der Waals surface area contributed by atoms with Crippen LogP contribution in [0.25, 0.3) is 0 Å². The lowest BCUT2D eigenvalue weighted by molar-refractivity contribution is -0.131. The van der Waals surface area contributed by atoms with Gasteiger partial charge in [-0.15, -0.1) is 0 Å². The zero-order chi connectivity index (χ0) is 11.4. The first-order valence-corrected chi connectivity index (χ1v) is 5.76. The molecule has 1 aliphatic rings. The van der Waals surface area contributed by atoms with Crippen LogP contribution in [0.5, 0.6) is 0 Å². The molecule has 0 aliphatic carbocycles. The molecule has 1 saturated heterocycles. The summed E-state index contributed by atoms with van der Waals surface area (Å²) in [5.41, 5.74) is 0. The molecular formula is C12H17NO3. The summed E-state index contributed by atoms with van der Waals surface area (Å²) in [4.78, 5) is 13.6. The summed E-state index contributed by atoms with van der Waals surface area (Å²) in [5, 5.41) is 8.88. The SMILES string of the molecule is O=C1CCCCCN1Cc1ccc(CO)o1. The summed E-state index contributed by atoms with van der Waals surface area (Å²) >= 11 is 0. The predicted molar refractivity (Wildman–Crippen MR) is 58.5 cm³/mol. The van der Waals surface area contributed by atoms with E-state index in [9.17, 15) is 4.79 Å². The second-order valence-corrected chi connectivity index (χ2v) is 4.15. The van der Waals surface area contributed by atoms with Gasteiger partial charge < -0.3 is 14.4 Å². The molecule has 88 valence electrons. The fourth-order valence-electron chi connectivity index (χ4n) is 1.99. The molecule has 1 aliphatic heterocycles. The third-order valence-electron chi connectivity index (χ3n) is 2.89. The van der Waals surface area contributed by atoms with Crippen LogP contribution in [0.4, 0.5) is 0 Å². The predicted octanol–water partition coefficient (Wildman–Crippen LogP) is 1.67. The summed E-state index contributed by atoms with van der Waals surface area (Å²) in [7, 11) is 0. The molecule has 4 heteroatoms. The first kappa shape index (κ1) is 11.2. The van der Waals surface area contributed by atoms with Crippen LogP contribution in [0.2, 0.25) is 0 Å². The number of nitrogens with zero attached hydrogens (tertiary/aromatic N) is 1. The number of furan rings is 1. The molecular weight excluding hydrogens is 206 g/mol. The van der Waals surface area contributed by atoms with E-state index in [1.807, 2.05) is 11.0 Å². The van der Waals surface area contributed by atoms with E-state index in [4.69, 9.17) is 9.52 Å². The Labute approximate surface area is 94.9 Å². The maximum absolute atomic E-state index is 11.7. The van der Waals surface area contributed by atoms with Crippen LogP contribution >= 0.6 is 0 Å². The first-order valence-electron chi connectivity index (χ1n) is 5.76. The minimum atomic E-state index is -0.0893. The Bertz CT molecular complexity index is 359. The molecule has 1 aromatic rings. The van der Waals surface area contributed by atoms with E-state index in [0.717, 1.165) is 31.6 Å². The van der Waals surface area contributed by atoms with Gasteiger partial charge in [0.05, 0.1) is 6.54 Å². The number of amides is 1. The van der Waals surface area contributed by atoms with Crippen molar-refractivity contribution in [1.82, 2.24) is 4.90 Å². The van der Waals surface area contributed by atoms with Crippen molar-refractivity contribution in [3.8, 4) is 0 Å². The molecule has 0 spiro atoms. The molecule has 0 atom stereocenters. The van der Waals surface area contributed by atoms with E-state index in [1.165, 1.54) is 0 Å². The molecule has 0 radical (unpaired) electrons. The lowest BCUT2D eigenvalue weighted by Gasteiger charge is -2.18. The van der Waals surface area contributed by atoms with Crippen LogP contribution < -0.4 is 0 Å². The number of aliphatic hydroxyl groups excluding tert-OH is 1. The van der Waals surface area contributed by atoms with E-state index in [2.05, 4.69) is 0 Å². The third-order valence-corrected chi connectivity index (χ3v) is 2.89. The molecule has 0 unspecified atom stereocenters. The fraction of sp³-hybridized carbons (Fsp3) is 0.583. The minimum absolute atomic E-state index is 0.0893. The van der Waals surface area contributed by atoms with Gasteiger partial charge in [-0.25, -0.2) is 0 Å². The van der Waals surface area contributed by atoms with Gasteiger partial charge in [-0.1, -0.05) is 6.42 Å². The minimum Gasteiger partial charge on any atom is -0.462 e. The lowest BCUT2D eigenvalue weighted by Crippen LogP contribution is -2.29. The average molecular weight is 223 g/mol. The second kappa shape index (κ2) is 5.16. The highest BCUT2D eigenvalue weighted by atomic mass is 16.4. The molecule has 2 heterocycles. The fourth-order valence-corrected chi connectivity index (χ4v) is 1.99. The molecule has 1 aromatic heterocycles. The van der Waals surface area contributed by atoms with Crippen molar-refractivity contribution in [2.45, 2.75) is 38.8 Å². The first-order chi connectivity index (χ1) is 7.79. The van der Waals surface area contributed by atoms with Crippen LogP contribution in [0.3, 0.4) is 0 Å². The molecule has 2 rings (SSSR count). The highest BCUT2D eigenvalue weighted by Gasteiger charge is 2.17. The van der Waals surface area contributed by atoms with Gasteiger partial charge in [0.2, 0.25) is 5.91 Å². The zero-order valence-electron chi connectivity index (χ0n) is 9.32. The monoisotopic (exact) mass is 223 g/mol. The molecule has 0 bridgehead atoms. The Kier molecular flexibility index (Phi) is 3.62. The smallest absolute Gasteiger partial charge is 0.222 e. The van der Waals surface area contributed by atoms with Crippen molar-refractivity contribution >= 4 is 5.91 Å². The number of carbonyl (C=O) groups is 1. The summed E-state index contributed by atoms with van der Waals surface area (Å²) in [6, 6.07) is 3.57. The number of rotatable bonds is 3. The van der Waals surface area contributed by atoms with Gasteiger partial charge in [0.25, 0.3) is 0 Å². The van der Waals surface area contributed by atoms with Gasteiger partial charge in [-0.05, 0) is 25.0 Å². The maximum atomic E-state index is 11.7. The second-order valence-electron chi connectivity index (χ2n) is 4.15. The van der Waals surface area contributed by atoms with Crippen LogP contribution in [-0.4, -0.2) is 22.5 Å². The molecule has 0 saturated carbocycles. The highest BCUT2D eigenvalue weighted by Crippen LogP contribution is 2.16. The Hall–Kier alpha value is -1.29. The van der Waals surface area contributed by atoms with E-state index < -0.39 is 0 Å². The van der Waals surface area contributed by atoms with E-state index in [1.54, 1.807) is 6.07 Å². The Morgan fingerprint density at radius 1 is 1.25 bits per heavy atom. The molecule has 4 nitrogen and oxygen atoms in total. The quantitative estimate of drug-likeness (QED) is 0.848. The summed E-state index contributed by atoms with van der Waals surface area (Å²) in [6.45, 7) is 1.25. The van der Waals surface area contributed by atoms with Crippen LogP contribution in [0.15, 0.2) is 16.5 Å². The zero-order valence-corrected chi connectivity index (χ0v) is 9.32. The van der Waals surface area contributed by atoms with Crippen molar-refractivity contribution in [2.24, 2.45) is 0 Å². The van der Waals surface area contributed by atoms with Gasteiger partial charge >= 0.3 is 0 Å². The Morgan fingerprint density at radius 3 is 2.81 bits per heavy atom. The summed E-state index contributed by atoms with van der Waals surface area (Å²) in [6.07, 6.45) is 3.84. The van der Waals surface area contributed by atoms with E-state index >= 15 is 0 Å². The average Bonchev–Trinajstić information content (AvgIpc) is 2.65. The van der Waals surface area contributed by atoms with Crippen molar-refractivity contribution in [3.05, 3.63) is 23.7 Å². The molecule has 16 heavy (non-hydrogen) atoms. The van der Waals surface area contributed by atoms with Crippen molar-refractivity contribution in [1.29, 1.82) is 0 Å². The Morgan fingerprint density at radius 2 is 2.06 bits per heavy atom. The van der Waals surface area contributed by atoms with Gasteiger partial charge in [0.1, 0.15) is 18.1 Å². The van der Waals surface area contributed by atoms with Crippen LogP contribution in [-0.2, 0) is 17.9 Å². The van der Waals surface area contributed by atoms with Gasteiger partial charge in [-0.2, -0.15) is 0 Å². The summed E-state index contributed by atoms with van der Waals surface area (Å²) < 4.78 is 5.38. The number of hydrogen-bond donors (Lipinski definition) is 1. The number of aliphatic hydroxyl groups is 1. The standard InChI is InChI=1S/C12H17NO3/c14-9-11-6-5-10(16-11)8-13-7-3-1-2-4-12(13)15/h5-6,14H,1-4,7-9H2. The van der Waals surface area contributed by atoms with Gasteiger partial charge in [0, 0.05) is 13.0 Å². The largest absolute Gasteiger partial charge is 0.462 e. The van der Waals surface area contributed by atoms with Crippen LogP contribution in [0, 0.1) is 0 Å². The topological polar surface area (TPSA) is 53.7 Å². The van der Waals surface area contributed by atoms with E-state index in [-0.39, 0.29) is 12.5 Å².